The molecule has 7 heteroatoms. The summed E-state index contributed by atoms with van der Waals surface area (Å²) in [5.74, 6) is 1.66. The van der Waals surface area contributed by atoms with Gasteiger partial charge in [-0.1, -0.05) is 18.7 Å². The molecule has 0 bridgehead atoms. The van der Waals surface area contributed by atoms with Gasteiger partial charge in [0.05, 0.1) is 19.1 Å². The number of nitrogens with zero attached hydrogens (tertiary/aromatic N) is 3. The van der Waals surface area contributed by atoms with Gasteiger partial charge in [0, 0.05) is 0 Å². The summed E-state index contributed by atoms with van der Waals surface area (Å²) < 4.78 is 13.0. The number of benzene rings is 1. The number of anilines is 1. The molecule has 0 saturated carbocycles. The molecule has 0 aliphatic carbocycles. The zero-order valence-electron chi connectivity index (χ0n) is 12.9. The van der Waals surface area contributed by atoms with Gasteiger partial charge in [-0.15, -0.1) is 0 Å². The van der Waals surface area contributed by atoms with Crippen molar-refractivity contribution in [2.24, 2.45) is 0 Å². The number of hydrogen-bond acceptors (Lipinski definition) is 5. The number of rotatable bonds is 6. The summed E-state index contributed by atoms with van der Waals surface area (Å²) in [5, 5.41) is 6.90. The average molecular weight is 314 g/mol. The van der Waals surface area contributed by atoms with Crippen LogP contribution < -0.4 is 14.8 Å². The second-order valence-electron chi connectivity index (χ2n) is 5.04. The number of carbonyl (C=O) groups excluding carboxylic acids is 1. The Balaban J connectivity index is 1.96. The van der Waals surface area contributed by atoms with E-state index >= 15 is 0 Å². The van der Waals surface area contributed by atoms with Crippen molar-refractivity contribution in [3.8, 4) is 11.5 Å². The van der Waals surface area contributed by atoms with Gasteiger partial charge in [0.15, 0.2) is 11.5 Å². The summed E-state index contributed by atoms with van der Waals surface area (Å²) in [7, 11) is 0. The first kappa shape index (κ1) is 15.1. The third-order valence-corrected chi connectivity index (χ3v) is 3.51. The molecular formula is C16H18N4O3. The maximum absolute atomic E-state index is 11.9. The zero-order valence-corrected chi connectivity index (χ0v) is 12.9. The van der Waals surface area contributed by atoms with Crippen LogP contribution in [0.4, 0.5) is 5.95 Å². The van der Waals surface area contributed by atoms with Crippen LogP contribution in [0.3, 0.4) is 0 Å². The van der Waals surface area contributed by atoms with Crippen LogP contribution >= 0.6 is 0 Å². The molecule has 1 atom stereocenters. The first-order valence-electron chi connectivity index (χ1n) is 7.42. The lowest BCUT2D eigenvalue weighted by Crippen LogP contribution is -2.29. The molecule has 0 saturated heterocycles. The van der Waals surface area contributed by atoms with Gasteiger partial charge in [0.1, 0.15) is 12.9 Å². The molecule has 2 heterocycles. The van der Waals surface area contributed by atoms with Gasteiger partial charge in [-0.2, -0.15) is 10.1 Å². The first-order valence-corrected chi connectivity index (χ1v) is 7.42. The van der Waals surface area contributed by atoms with Gasteiger partial charge in [-0.05, 0) is 24.6 Å². The van der Waals surface area contributed by atoms with E-state index in [0.717, 1.165) is 5.56 Å². The minimum atomic E-state index is -0.214. The molecular weight excluding hydrogens is 296 g/mol. The van der Waals surface area contributed by atoms with Crippen molar-refractivity contribution in [1.82, 2.24) is 14.8 Å². The number of hydrogen-bond donors (Lipinski definition) is 1. The maximum atomic E-state index is 11.9. The second kappa shape index (κ2) is 6.51. The first-order chi connectivity index (χ1) is 11.2. The van der Waals surface area contributed by atoms with Crippen molar-refractivity contribution >= 4 is 11.9 Å². The van der Waals surface area contributed by atoms with Crippen molar-refractivity contribution < 1.29 is 14.3 Å². The van der Waals surface area contributed by atoms with E-state index in [2.05, 4.69) is 22.0 Å². The molecule has 1 aliphatic rings. The molecule has 2 aromatic rings. The van der Waals surface area contributed by atoms with Crippen molar-refractivity contribution in [2.45, 2.75) is 19.4 Å². The van der Waals surface area contributed by atoms with E-state index in [0.29, 0.717) is 37.1 Å². The summed E-state index contributed by atoms with van der Waals surface area (Å²) in [5.41, 5.74) is 0.918. The Bertz CT molecular complexity index is 726. The fraction of sp³-hybridized carbons (Fsp3) is 0.312. The number of carbonyl (C=O) groups is 1. The predicted octanol–water partition coefficient (Wildman–Crippen LogP) is 2.17. The van der Waals surface area contributed by atoms with Gasteiger partial charge in [-0.25, -0.2) is 4.68 Å². The van der Waals surface area contributed by atoms with Crippen molar-refractivity contribution in [2.75, 3.05) is 18.5 Å². The Morgan fingerprint density at radius 1 is 1.43 bits per heavy atom. The predicted molar refractivity (Wildman–Crippen MR) is 84.7 cm³/mol. The molecule has 1 N–H and O–H groups in total. The van der Waals surface area contributed by atoms with Crippen LogP contribution in [0.5, 0.6) is 11.5 Å². The SMILES string of the molecule is C=CCOc1ccc([C@@H]2CC(=O)Nc3ncnn32)cc1OCC. The van der Waals surface area contributed by atoms with Crippen LogP contribution in [-0.4, -0.2) is 33.9 Å². The van der Waals surface area contributed by atoms with E-state index in [1.807, 2.05) is 25.1 Å². The smallest absolute Gasteiger partial charge is 0.229 e. The standard InChI is InChI=1S/C16H18N4O3/c1-3-7-23-13-6-5-11(8-14(13)22-4-2)12-9-15(21)19-16-17-10-18-20(12)16/h3,5-6,8,10,12H,1,4,7,9H2,2H3,(H,17,18,19,21)/t12-/m0/s1. The van der Waals surface area contributed by atoms with Gasteiger partial charge < -0.3 is 9.47 Å². The molecule has 0 radical (unpaired) electrons. The maximum Gasteiger partial charge on any atom is 0.229 e. The Morgan fingerprint density at radius 2 is 2.30 bits per heavy atom. The summed E-state index contributed by atoms with van der Waals surface area (Å²) in [6.07, 6.45) is 3.41. The number of aromatic nitrogens is 3. The van der Waals surface area contributed by atoms with E-state index in [1.54, 1.807) is 10.8 Å². The lowest BCUT2D eigenvalue weighted by atomic mass is 10.0. The van der Waals surface area contributed by atoms with Gasteiger partial charge >= 0.3 is 0 Å². The number of amides is 1. The fourth-order valence-corrected chi connectivity index (χ4v) is 2.53. The van der Waals surface area contributed by atoms with Crippen molar-refractivity contribution in [1.29, 1.82) is 0 Å². The van der Waals surface area contributed by atoms with Crippen molar-refractivity contribution in [3.63, 3.8) is 0 Å². The Labute approximate surface area is 133 Å². The molecule has 0 unspecified atom stereocenters. The van der Waals surface area contributed by atoms with Crippen LogP contribution in [-0.2, 0) is 4.79 Å². The molecule has 7 nitrogen and oxygen atoms in total. The Morgan fingerprint density at radius 3 is 3.09 bits per heavy atom. The minimum Gasteiger partial charge on any atom is -0.490 e. The molecule has 0 spiro atoms. The van der Waals surface area contributed by atoms with E-state index in [1.165, 1.54) is 6.33 Å². The monoisotopic (exact) mass is 314 g/mol. The van der Waals surface area contributed by atoms with E-state index < -0.39 is 0 Å². The number of ether oxygens (including phenoxy) is 2. The molecule has 1 aliphatic heterocycles. The average Bonchev–Trinajstić information content (AvgIpc) is 3.01. The minimum absolute atomic E-state index is 0.0829. The van der Waals surface area contributed by atoms with Gasteiger partial charge in [-0.3, -0.25) is 10.1 Å². The van der Waals surface area contributed by atoms with E-state index in [4.69, 9.17) is 9.47 Å². The summed E-state index contributed by atoms with van der Waals surface area (Å²) >= 11 is 0. The highest BCUT2D eigenvalue weighted by molar-refractivity contribution is 5.91. The van der Waals surface area contributed by atoms with Gasteiger partial charge in [0.25, 0.3) is 0 Å². The molecule has 120 valence electrons. The van der Waals surface area contributed by atoms with E-state index in [9.17, 15) is 4.79 Å². The lowest BCUT2D eigenvalue weighted by Gasteiger charge is -2.24. The normalized spacial score (nSPS) is 16.4. The summed E-state index contributed by atoms with van der Waals surface area (Å²) in [6.45, 7) is 6.47. The molecule has 1 aromatic heterocycles. The Hall–Kier alpha value is -2.83. The molecule has 1 amide bonds. The highest BCUT2D eigenvalue weighted by Crippen LogP contribution is 2.35. The van der Waals surface area contributed by atoms with Crippen molar-refractivity contribution in [3.05, 3.63) is 42.7 Å². The molecule has 3 rings (SSSR count). The highest BCUT2D eigenvalue weighted by atomic mass is 16.5. The quantitative estimate of drug-likeness (QED) is 0.827. The Kier molecular flexibility index (Phi) is 4.27. The van der Waals surface area contributed by atoms with E-state index in [-0.39, 0.29) is 11.9 Å². The topological polar surface area (TPSA) is 78.3 Å². The van der Waals surface area contributed by atoms with Crippen LogP contribution in [0.25, 0.3) is 0 Å². The van der Waals surface area contributed by atoms with Gasteiger partial charge in [0.2, 0.25) is 11.9 Å². The molecule has 23 heavy (non-hydrogen) atoms. The highest BCUT2D eigenvalue weighted by Gasteiger charge is 2.28. The van der Waals surface area contributed by atoms with Crippen LogP contribution in [0, 0.1) is 0 Å². The van der Waals surface area contributed by atoms with Crippen LogP contribution in [0.15, 0.2) is 37.2 Å². The number of fused-ring (bicyclic) bond motifs is 1. The largest absolute Gasteiger partial charge is 0.490 e. The molecule has 0 fully saturated rings. The summed E-state index contributed by atoms with van der Waals surface area (Å²) in [4.78, 5) is 15.9. The molecule has 1 aromatic carbocycles. The fourth-order valence-electron chi connectivity index (χ4n) is 2.53. The third kappa shape index (κ3) is 3.03. The third-order valence-electron chi connectivity index (χ3n) is 3.51. The second-order valence-corrected chi connectivity index (χ2v) is 5.04. The zero-order chi connectivity index (χ0) is 16.2. The number of nitrogens with one attached hydrogen (secondary N) is 1. The van der Waals surface area contributed by atoms with Crippen LogP contribution in [0.1, 0.15) is 24.9 Å². The summed E-state index contributed by atoms with van der Waals surface area (Å²) in [6, 6.07) is 5.42. The van der Waals surface area contributed by atoms with Crippen LogP contribution in [0.2, 0.25) is 0 Å². The lowest BCUT2D eigenvalue weighted by molar-refractivity contribution is -0.117.